The van der Waals surface area contributed by atoms with Gasteiger partial charge in [-0.3, -0.25) is 4.99 Å². The second-order valence-corrected chi connectivity index (χ2v) is 8.79. The third-order valence-electron chi connectivity index (χ3n) is 4.47. The minimum atomic E-state index is -3.10. The molecule has 0 spiro atoms. The van der Waals surface area contributed by atoms with Gasteiger partial charge >= 0.3 is 0 Å². The molecule has 1 fully saturated rings. The van der Waals surface area contributed by atoms with Crippen LogP contribution in [0.2, 0.25) is 5.02 Å². The van der Waals surface area contributed by atoms with E-state index in [1.54, 1.807) is 31.5 Å². The number of sulfonamides is 1. The summed E-state index contributed by atoms with van der Waals surface area (Å²) in [7, 11) is 0.224. The number of hydrogen-bond donors (Lipinski definition) is 2. The lowest BCUT2D eigenvalue weighted by molar-refractivity contribution is 0.306. The Labute approximate surface area is 160 Å². The van der Waals surface area contributed by atoms with Gasteiger partial charge in [-0.25, -0.2) is 12.7 Å². The topological polar surface area (TPSA) is 83.0 Å². The molecule has 9 heteroatoms. The van der Waals surface area contributed by atoms with Crippen LogP contribution < -0.4 is 15.4 Å². The van der Waals surface area contributed by atoms with E-state index in [1.807, 2.05) is 12.1 Å². The number of hydrogen-bond acceptors (Lipinski definition) is 4. The van der Waals surface area contributed by atoms with E-state index in [9.17, 15) is 8.42 Å². The van der Waals surface area contributed by atoms with Crippen LogP contribution in [0.1, 0.15) is 25.3 Å². The van der Waals surface area contributed by atoms with Gasteiger partial charge in [0.15, 0.2) is 5.96 Å². The summed E-state index contributed by atoms with van der Waals surface area (Å²) in [6.45, 7) is 3.30. The SMILES string of the molecule is CCS(=O)(=O)N1CCC(NC(=NC)NCc2ccc(Cl)cc2OC)CC1. The Bertz CT molecular complexity index is 732. The van der Waals surface area contributed by atoms with Gasteiger partial charge in [0.2, 0.25) is 10.0 Å². The summed E-state index contributed by atoms with van der Waals surface area (Å²) in [5.74, 6) is 1.55. The van der Waals surface area contributed by atoms with Gasteiger partial charge in [-0.2, -0.15) is 0 Å². The highest BCUT2D eigenvalue weighted by atomic mass is 35.5. The van der Waals surface area contributed by atoms with Gasteiger partial charge < -0.3 is 15.4 Å². The summed E-state index contributed by atoms with van der Waals surface area (Å²) >= 11 is 5.99. The van der Waals surface area contributed by atoms with Crippen LogP contribution in [0.25, 0.3) is 0 Å². The Morgan fingerprint density at radius 3 is 2.65 bits per heavy atom. The van der Waals surface area contributed by atoms with Crippen LogP contribution in [0.15, 0.2) is 23.2 Å². The largest absolute Gasteiger partial charge is 0.496 e. The molecule has 1 aliphatic heterocycles. The van der Waals surface area contributed by atoms with E-state index in [0.717, 1.165) is 24.2 Å². The molecular formula is C17H27ClN4O3S. The van der Waals surface area contributed by atoms with Crippen molar-refractivity contribution in [2.24, 2.45) is 4.99 Å². The van der Waals surface area contributed by atoms with Gasteiger partial charge in [-0.1, -0.05) is 17.7 Å². The lowest BCUT2D eigenvalue weighted by atomic mass is 10.1. The molecule has 1 saturated heterocycles. The van der Waals surface area contributed by atoms with Gasteiger partial charge in [-0.15, -0.1) is 0 Å². The van der Waals surface area contributed by atoms with Crippen LogP contribution in [0.4, 0.5) is 0 Å². The quantitative estimate of drug-likeness (QED) is 0.560. The summed E-state index contributed by atoms with van der Waals surface area (Å²) < 4.78 is 30.8. The summed E-state index contributed by atoms with van der Waals surface area (Å²) in [6.07, 6.45) is 1.51. The lowest BCUT2D eigenvalue weighted by Crippen LogP contribution is -2.49. The van der Waals surface area contributed by atoms with Crippen molar-refractivity contribution < 1.29 is 13.2 Å². The molecule has 0 saturated carbocycles. The molecule has 1 aromatic carbocycles. The van der Waals surface area contributed by atoms with Gasteiger partial charge in [0.05, 0.1) is 12.9 Å². The molecule has 146 valence electrons. The minimum absolute atomic E-state index is 0.150. The molecule has 0 radical (unpaired) electrons. The summed E-state index contributed by atoms with van der Waals surface area (Å²) in [6, 6.07) is 5.70. The summed E-state index contributed by atoms with van der Waals surface area (Å²) in [5.41, 5.74) is 0.976. The molecule has 0 aliphatic carbocycles. The Kier molecular flexibility index (Phi) is 7.55. The van der Waals surface area contributed by atoms with Crippen molar-refractivity contribution in [1.29, 1.82) is 0 Å². The highest BCUT2D eigenvalue weighted by Gasteiger charge is 2.27. The fourth-order valence-electron chi connectivity index (χ4n) is 2.89. The van der Waals surface area contributed by atoms with Gasteiger partial charge in [-0.05, 0) is 31.9 Å². The zero-order chi connectivity index (χ0) is 19.2. The predicted molar refractivity (Wildman–Crippen MR) is 105 cm³/mol. The maximum absolute atomic E-state index is 11.9. The zero-order valence-electron chi connectivity index (χ0n) is 15.5. The molecule has 1 aliphatic rings. The highest BCUT2D eigenvalue weighted by molar-refractivity contribution is 7.89. The number of rotatable bonds is 6. The van der Waals surface area contributed by atoms with E-state index in [0.29, 0.717) is 30.6 Å². The van der Waals surface area contributed by atoms with Crippen LogP contribution in [-0.4, -0.2) is 57.7 Å². The second-order valence-electron chi connectivity index (χ2n) is 6.10. The average molecular weight is 403 g/mol. The molecule has 0 unspecified atom stereocenters. The van der Waals surface area contributed by atoms with Crippen molar-refractivity contribution in [1.82, 2.24) is 14.9 Å². The molecule has 0 aromatic heterocycles. The second kappa shape index (κ2) is 9.43. The maximum Gasteiger partial charge on any atom is 0.213 e. The number of benzene rings is 1. The normalized spacial score (nSPS) is 17.2. The van der Waals surface area contributed by atoms with Crippen LogP contribution in [-0.2, 0) is 16.6 Å². The van der Waals surface area contributed by atoms with Gasteiger partial charge in [0.25, 0.3) is 0 Å². The van der Waals surface area contributed by atoms with Crippen molar-refractivity contribution in [3.8, 4) is 5.75 Å². The van der Waals surface area contributed by atoms with Gasteiger partial charge in [0.1, 0.15) is 5.75 Å². The molecule has 1 heterocycles. The first-order valence-corrected chi connectivity index (χ1v) is 10.7. The van der Waals surface area contributed by atoms with E-state index >= 15 is 0 Å². The van der Waals surface area contributed by atoms with Crippen LogP contribution in [0, 0.1) is 0 Å². The van der Waals surface area contributed by atoms with Crippen LogP contribution in [0.5, 0.6) is 5.75 Å². The zero-order valence-corrected chi connectivity index (χ0v) is 17.0. The summed E-state index contributed by atoms with van der Waals surface area (Å²) in [4.78, 5) is 4.25. The predicted octanol–water partition coefficient (Wildman–Crippen LogP) is 1.83. The Morgan fingerprint density at radius 1 is 1.38 bits per heavy atom. The Morgan fingerprint density at radius 2 is 2.08 bits per heavy atom. The van der Waals surface area contributed by atoms with Crippen molar-refractivity contribution in [3.63, 3.8) is 0 Å². The molecule has 1 aromatic rings. The molecule has 2 N–H and O–H groups in total. The number of nitrogens with one attached hydrogen (secondary N) is 2. The molecule has 26 heavy (non-hydrogen) atoms. The van der Waals surface area contributed by atoms with Crippen molar-refractivity contribution in [2.75, 3.05) is 33.0 Å². The number of piperidine rings is 1. The van der Waals surface area contributed by atoms with Crippen molar-refractivity contribution in [3.05, 3.63) is 28.8 Å². The first kappa shape index (κ1) is 20.8. The third kappa shape index (κ3) is 5.49. The highest BCUT2D eigenvalue weighted by Crippen LogP contribution is 2.23. The fraction of sp³-hybridized carbons (Fsp3) is 0.588. The van der Waals surface area contributed by atoms with E-state index in [2.05, 4.69) is 15.6 Å². The number of guanidine groups is 1. The molecule has 0 atom stereocenters. The third-order valence-corrected chi connectivity index (χ3v) is 6.59. The Balaban J connectivity index is 1.87. The number of nitrogens with zero attached hydrogens (tertiary/aromatic N) is 2. The fourth-order valence-corrected chi connectivity index (χ4v) is 4.19. The first-order chi connectivity index (χ1) is 12.4. The number of ether oxygens (including phenoxy) is 1. The van der Waals surface area contributed by atoms with Gasteiger partial charge in [0, 0.05) is 43.3 Å². The monoisotopic (exact) mass is 402 g/mol. The standard InChI is InChI=1S/C17H27ClN4O3S/c1-4-26(23,24)22-9-7-15(8-10-22)21-17(19-2)20-12-13-5-6-14(18)11-16(13)25-3/h5-6,11,15H,4,7-10,12H2,1-3H3,(H2,19,20,21). The molecule has 0 amide bonds. The molecule has 0 bridgehead atoms. The van der Waals surface area contributed by atoms with E-state index in [4.69, 9.17) is 16.3 Å². The lowest BCUT2D eigenvalue weighted by Gasteiger charge is -2.32. The maximum atomic E-state index is 11.9. The van der Waals surface area contributed by atoms with Crippen molar-refractivity contribution in [2.45, 2.75) is 32.4 Å². The van der Waals surface area contributed by atoms with E-state index in [-0.39, 0.29) is 11.8 Å². The van der Waals surface area contributed by atoms with Crippen LogP contribution in [0.3, 0.4) is 0 Å². The Hall–Kier alpha value is -1.51. The van der Waals surface area contributed by atoms with Crippen molar-refractivity contribution >= 4 is 27.6 Å². The molecule has 7 nitrogen and oxygen atoms in total. The first-order valence-electron chi connectivity index (χ1n) is 8.67. The van der Waals surface area contributed by atoms with E-state index < -0.39 is 10.0 Å². The van der Waals surface area contributed by atoms with Crippen LogP contribution >= 0.6 is 11.6 Å². The number of methoxy groups -OCH3 is 1. The van der Waals surface area contributed by atoms with E-state index in [1.165, 1.54) is 0 Å². The average Bonchev–Trinajstić information content (AvgIpc) is 2.66. The smallest absolute Gasteiger partial charge is 0.213 e. The molecular weight excluding hydrogens is 376 g/mol. The molecule has 2 rings (SSSR count). The number of halogens is 1. The number of aliphatic imine (C=N–C) groups is 1. The summed E-state index contributed by atoms with van der Waals surface area (Å²) in [5, 5.41) is 7.26. The minimum Gasteiger partial charge on any atom is -0.496 e.